The van der Waals surface area contributed by atoms with E-state index in [0.29, 0.717) is 18.3 Å². The van der Waals surface area contributed by atoms with Gasteiger partial charge in [-0.2, -0.15) is 4.98 Å². The van der Waals surface area contributed by atoms with Crippen molar-refractivity contribution >= 4 is 0 Å². The molecule has 0 atom stereocenters. The second-order valence-electron chi connectivity index (χ2n) is 5.16. The average molecular weight is 288 g/mol. The molecular weight excluding hydrogens is 268 g/mol. The van der Waals surface area contributed by atoms with Crippen LogP contribution in [0.25, 0.3) is 11.4 Å². The predicted octanol–water partition coefficient (Wildman–Crippen LogP) is 1.96. The van der Waals surface area contributed by atoms with Gasteiger partial charge in [0.2, 0.25) is 5.82 Å². The van der Waals surface area contributed by atoms with Gasteiger partial charge < -0.3 is 14.6 Å². The Labute approximate surface area is 123 Å². The third kappa shape index (κ3) is 3.46. The van der Waals surface area contributed by atoms with E-state index in [9.17, 15) is 0 Å². The lowest BCUT2D eigenvalue weighted by Crippen LogP contribution is -2.32. The van der Waals surface area contributed by atoms with E-state index in [-0.39, 0.29) is 6.10 Å². The number of hydrogen-bond donors (Lipinski definition) is 1. The van der Waals surface area contributed by atoms with Gasteiger partial charge in [-0.15, -0.1) is 0 Å². The zero-order valence-corrected chi connectivity index (χ0v) is 12.2. The van der Waals surface area contributed by atoms with Crippen LogP contribution in [0.15, 0.2) is 23.0 Å². The second-order valence-corrected chi connectivity index (χ2v) is 5.16. The van der Waals surface area contributed by atoms with Crippen molar-refractivity contribution in [2.24, 2.45) is 0 Å². The standard InChI is InChI=1S/C15H20N4O2/c1-2-11-9-17-8-5-13(11)15-18-14(21-19-15)10-20-12-3-6-16-7-4-12/h5,8-9,12,16H,2-4,6-7,10H2,1H3. The van der Waals surface area contributed by atoms with Crippen LogP contribution >= 0.6 is 0 Å². The maximum Gasteiger partial charge on any atom is 0.252 e. The van der Waals surface area contributed by atoms with E-state index in [1.54, 1.807) is 6.20 Å². The Kier molecular flexibility index (Phi) is 4.57. The Morgan fingerprint density at radius 3 is 3.05 bits per heavy atom. The number of rotatable bonds is 5. The molecule has 0 amide bonds. The number of ether oxygens (including phenoxy) is 1. The topological polar surface area (TPSA) is 73.1 Å². The lowest BCUT2D eigenvalue weighted by molar-refractivity contribution is 0.00859. The van der Waals surface area contributed by atoms with Crippen LogP contribution in [0.2, 0.25) is 0 Å². The van der Waals surface area contributed by atoms with E-state index in [1.807, 2.05) is 12.3 Å². The second kappa shape index (κ2) is 6.78. The van der Waals surface area contributed by atoms with Crippen LogP contribution in [0.5, 0.6) is 0 Å². The summed E-state index contributed by atoms with van der Waals surface area (Å²) in [6.07, 6.45) is 6.83. The zero-order chi connectivity index (χ0) is 14.5. The lowest BCUT2D eigenvalue weighted by atomic mass is 10.1. The molecule has 0 spiro atoms. The zero-order valence-electron chi connectivity index (χ0n) is 12.2. The summed E-state index contributed by atoms with van der Waals surface area (Å²) in [5, 5.41) is 7.37. The Morgan fingerprint density at radius 2 is 2.24 bits per heavy atom. The van der Waals surface area contributed by atoms with Gasteiger partial charge >= 0.3 is 0 Å². The van der Waals surface area contributed by atoms with Crippen molar-refractivity contribution in [3.8, 4) is 11.4 Å². The van der Waals surface area contributed by atoms with E-state index in [1.165, 1.54) is 0 Å². The van der Waals surface area contributed by atoms with Crippen molar-refractivity contribution in [3.05, 3.63) is 29.9 Å². The Balaban J connectivity index is 1.65. The quantitative estimate of drug-likeness (QED) is 0.906. The highest BCUT2D eigenvalue weighted by Gasteiger charge is 2.16. The predicted molar refractivity (Wildman–Crippen MR) is 77.6 cm³/mol. The summed E-state index contributed by atoms with van der Waals surface area (Å²) >= 11 is 0. The molecule has 1 saturated heterocycles. The molecule has 112 valence electrons. The van der Waals surface area contributed by atoms with Crippen LogP contribution in [0.4, 0.5) is 0 Å². The molecule has 1 fully saturated rings. The molecule has 1 aliphatic heterocycles. The summed E-state index contributed by atoms with van der Waals surface area (Å²) in [5.41, 5.74) is 2.09. The molecule has 1 N–H and O–H groups in total. The number of hydrogen-bond acceptors (Lipinski definition) is 6. The fourth-order valence-corrected chi connectivity index (χ4v) is 2.50. The van der Waals surface area contributed by atoms with E-state index < -0.39 is 0 Å². The summed E-state index contributed by atoms with van der Waals surface area (Å²) in [7, 11) is 0. The van der Waals surface area contributed by atoms with Gasteiger partial charge in [0, 0.05) is 18.0 Å². The minimum atomic E-state index is 0.286. The molecule has 0 radical (unpaired) electrons. The van der Waals surface area contributed by atoms with Gasteiger partial charge in [0.1, 0.15) is 6.61 Å². The minimum Gasteiger partial charge on any atom is -0.368 e. The van der Waals surface area contributed by atoms with E-state index in [0.717, 1.165) is 43.5 Å². The number of nitrogens with zero attached hydrogens (tertiary/aromatic N) is 3. The number of aromatic nitrogens is 3. The first-order valence-electron chi connectivity index (χ1n) is 7.45. The molecule has 2 aromatic rings. The third-order valence-corrected chi connectivity index (χ3v) is 3.72. The van der Waals surface area contributed by atoms with Gasteiger partial charge in [-0.05, 0) is 44.0 Å². The fraction of sp³-hybridized carbons (Fsp3) is 0.533. The smallest absolute Gasteiger partial charge is 0.252 e. The molecule has 3 rings (SSSR count). The Hall–Kier alpha value is -1.79. The highest BCUT2D eigenvalue weighted by Crippen LogP contribution is 2.20. The average Bonchev–Trinajstić information content (AvgIpc) is 3.02. The van der Waals surface area contributed by atoms with Crippen LogP contribution in [0, 0.1) is 0 Å². The monoisotopic (exact) mass is 288 g/mol. The highest BCUT2D eigenvalue weighted by atomic mass is 16.5. The van der Waals surface area contributed by atoms with Crippen molar-refractivity contribution in [3.63, 3.8) is 0 Å². The van der Waals surface area contributed by atoms with Gasteiger partial charge in [-0.25, -0.2) is 0 Å². The molecule has 3 heterocycles. The van der Waals surface area contributed by atoms with Crippen molar-refractivity contribution in [2.45, 2.75) is 38.9 Å². The molecular formula is C15H20N4O2. The van der Waals surface area contributed by atoms with Crippen LogP contribution in [0.1, 0.15) is 31.2 Å². The summed E-state index contributed by atoms with van der Waals surface area (Å²) in [4.78, 5) is 8.56. The molecule has 0 aromatic carbocycles. The van der Waals surface area contributed by atoms with Crippen LogP contribution in [-0.2, 0) is 17.8 Å². The number of nitrogens with one attached hydrogen (secondary N) is 1. The molecule has 2 aromatic heterocycles. The molecule has 6 nitrogen and oxygen atoms in total. The van der Waals surface area contributed by atoms with Gasteiger partial charge in [0.25, 0.3) is 5.89 Å². The van der Waals surface area contributed by atoms with E-state index in [4.69, 9.17) is 9.26 Å². The largest absolute Gasteiger partial charge is 0.368 e. The van der Waals surface area contributed by atoms with Crippen molar-refractivity contribution in [1.82, 2.24) is 20.4 Å². The Bertz CT molecular complexity index is 579. The van der Waals surface area contributed by atoms with Gasteiger partial charge in [0.05, 0.1) is 6.10 Å². The van der Waals surface area contributed by atoms with Crippen molar-refractivity contribution in [2.75, 3.05) is 13.1 Å². The maximum absolute atomic E-state index is 5.83. The summed E-state index contributed by atoms with van der Waals surface area (Å²) in [6.45, 7) is 4.49. The normalized spacial score (nSPS) is 16.2. The number of piperidine rings is 1. The van der Waals surface area contributed by atoms with Gasteiger partial charge in [0.15, 0.2) is 0 Å². The minimum absolute atomic E-state index is 0.286. The van der Waals surface area contributed by atoms with E-state index in [2.05, 4.69) is 27.4 Å². The molecule has 1 aliphatic rings. The summed E-state index contributed by atoms with van der Waals surface area (Å²) < 4.78 is 11.1. The van der Waals surface area contributed by atoms with Crippen molar-refractivity contribution < 1.29 is 9.26 Å². The maximum atomic E-state index is 5.83. The molecule has 6 heteroatoms. The van der Waals surface area contributed by atoms with E-state index >= 15 is 0 Å². The fourth-order valence-electron chi connectivity index (χ4n) is 2.50. The molecule has 21 heavy (non-hydrogen) atoms. The van der Waals surface area contributed by atoms with Crippen LogP contribution < -0.4 is 5.32 Å². The highest BCUT2D eigenvalue weighted by molar-refractivity contribution is 5.58. The molecule has 0 unspecified atom stereocenters. The molecule has 0 aliphatic carbocycles. The first kappa shape index (κ1) is 14.2. The van der Waals surface area contributed by atoms with Crippen LogP contribution in [-0.4, -0.2) is 34.3 Å². The number of pyridine rings is 1. The van der Waals surface area contributed by atoms with Crippen molar-refractivity contribution in [1.29, 1.82) is 0 Å². The van der Waals surface area contributed by atoms with Crippen LogP contribution in [0.3, 0.4) is 0 Å². The Morgan fingerprint density at radius 1 is 1.38 bits per heavy atom. The molecule has 0 saturated carbocycles. The first-order chi connectivity index (χ1) is 10.4. The molecule has 0 bridgehead atoms. The van der Waals surface area contributed by atoms with Gasteiger partial charge in [-0.1, -0.05) is 12.1 Å². The lowest BCUT2D eigenvalue weighted by Gasteiger charge is -2.21. The summed E-state index contributed by atoms with van der Waals surface area (Å²) in [5.74, 6) is 1.14. The third-order valence-electron chi connectivity index (χ3n) is 3.72. The van der Waals surface area contributed by atoms with Gasteiger partial charge in [-0.3, -0.25) is 4.98 Å². The number of aryl methyl sites for hydroxylation is 1. The first-order valence-corrected chi connectivity index (χ1v) is 7.45. The SMILES string of the molecule is CCc1cnccc1-c1noc(COC2CCNCC2)n1. The summed E-state index contributed by atoms with van der Waals surface area (Å²) in [6, 6.07) is 1.92.